The van der Waals surface area contributed by atoms with Gasteiger partial charge in [-0.05, 0) is 116 Å². The van der Waals surface area contributed by atoms with Crippen LogP contribution in [0.25, 0.3) is 0 Å². The molecule has 434 valence electrons. The van der Waals surface area contributed by atoms with Crippen LogP contribution in [0, 0.1) is 0 Å². The second kappa shape index (κ2) is 57.3. The molecular weight excluding hydrogens is 959 g/mol. The Morgan fingerprint density at radius 1 is 0.390 bits per heavy atom. The zero-order valence-corrected chi connectivity index (χ0v) is 49.3. The van der Waals surface area contributed by atoms with Crippen LogP contribution in [0.3, 0.4) is 0 Å². The number of nitrogens with zero attached hydrogens (tertiary/aromatic N) is 1. The molecule has 0 radical (unpaired) electrons. The van der Waals surface area contributed by atoms with Crippen molar-refractivity contribution in [3.8, 4) is 0 Å². The molecule has 0 aliphatic rings. The van der Waals surface area contributed by atoms with Crippen LogP contribution >= 0.6 is 0 Å². The average Bonchev–Trinajstić information content (AvgIpc) is 3.40. The van der Waals surface area contributed by atoms with Crippen LogP contribution in [0.5, 0.6) is 0 Å². The number of allylic oxidation sites excluding steroid dienone is 24. The van der Waals surface area contributed by atoms with Gasteiger partial charge in [0.2, 0.25) is 0 Å². The molecule has 0 rings (SSSR count). The SMILES string of the molecule is CC/C=C\C/C=C\C/C=C\C/C=C\C/C=C\C/C=C\C/C=C\C/C=C\CCCCCCC(=O)OC(COC(=O)CCCCCCCCCCCC/C=C\C/C=C\C/C=C\C/C=C\CC)COC(OCC[N+](C)(C)C)C(=O)O. The molecule has 0 heterocycles. The van der Waals surface area contributed by atoms with Gasteiger partial charge in [-0.1, -0.05) is 224 Å². The smallest absolute Gasteiger partial charge is 0.361 e. The van der Waals surface area contributed by atoms with Gasteiger partial charge in [0.15, 0.2) is 6.10 Å². The van der Waals surface area contributed by atoms with Gasteiger partial charge in [-0.2, -0.15) is 0 Å². The minimum Gasteiger partial charge on any atom is -0.477 e. The third-order valence-electron chi connectivity index (χ3n) is 12.1. The lowest BCUT2D eigenvalue weighted by Crippen LogP contribution is -2.40. The van der Waals surface area contributed by atoms with Crippen molar-refractivity contribution < 1.29 is 42.9 Å². The maximum atomic E-state index is 12.9. The van der Waals surface area contributed by atoms with E-state index >= 15 is 0 Å². The molecule has 0 aromatic carbocycles. The number of rotatable bonds is 53. The lowest BCUT2D eigenvalue weighted by molar-refractivity contribution is -0.870. The molecule has 9 heteroatoms. The minimum absolute atomic E-state index is 0.173. The molecule has 77 heavy (non-hydrogen) atoms. The summed E-state index contributed by atoms with van der Waals surface area (Å²) < 4.78 is 22.9. The van der Waals surface area contributed by atoms with Gasteiger partial charge in [-0.25, -0.2) is 4.79 Å². The summed E-state index contributed by atoms with van der Waals surface area (Å²) in [6, 6.07) is 0. The first-order valence-corrected chi connectivity index (χ1v) is 30.0. The van der Waals surface area contributed by atoms with Crippen molar-refractivity contribution in [3.05, 3.63) is 146 Å². The van der Waals surface area contributed by atoms with Crippen LogP contribution in [0.1, 0.15) is 206 Å². The van der Waals surface area contributed by atoms with Crippen molar-refractivity contribution in [3.63, 3.8) is 0 Å². The molecule has 0 bridgehead atoms. The highest BCUT2D eigenvalue weighted by atomic mass is 16.7. The Kier molecular flexibility index (Phi) is 53.8. The van der Waals surface area contributed by atoms with Crippen LogP contribution in [-0.2, 0) is 33.3 Å². The molecule has 9 nitrogen and oxygen atoms in total. The van der Waals surface area contributed by atoms with E-state index in [2.05, 4.69) is 160 Å². The van der Waals surface area contributed by atoms with E-state index in [0.29, 0.717) is 17.4 Å². The van der Waals surface area contributed by atoms with E-state index < -0.39 is 24.3 Å². The maximum Gasteiger partial charge on any atom is 0.361 e. The predicted octanol–water partition coefficient (Wildman–Crippen LogP) is 18.0. The van der Waals surface area contributed by atoms with E-state index in [4.69, 9.17) is 18.9 Å². The topological polar surface area (TPSA) is 108 Å². The van der Waals surface area contributed by atoms with Crippen molar-refractivity contribution in [1.82, 2.24) is 0 Å². The summed E-state index contributed by atoms with van der Waals surface area (Å²) in [5.74, 6) is -2.06. The molecule has 0 saturated heterocycles. The number of carboxylic acid groups (broad SMARTS) is 1. The number of esters is 2. The number of aliphatic carboxylic acids is 1. The first-order chi connectivity index (χ1) is 37.6. The fourth-order valence-electron chi connectivity index (χ4n) is 7.55. The molecule has 0 saturated carbocycles. The van der Waals surface area contributed by atoms with E-state index in [1.54, 1.807) is 0 Å². The van der Waals surface area contributed by atoms with Gasteiger partial charge >= 0.3 is 17.9 Å². The zero-order chi connectivity index (χ0) is 56.2. The fourth-order valence-corrected chi connectivity index (χ4v) is 7.55. The van der Waals surface area contributed by atoms with Gasteiger partial charge in [-0.3, -0.25) is 9.59 Å². The summed E-state index contributed by atoms with van der Waals surface area (Å²) in [5, 5.41) is 9.71. The number of unbranched alkanes of at least 4 members (excludes halogenated alkanes) is 14. The van der Waals surface area contributed by atoms with E-state index in [1.165, 1.54) is 38.5 Å². The first kappa shape index (κ1) is 72.2. The lowest BCUT2D eigenvalue weighted by Gasteiger charge is -2.25. The highest BCUT2D eigenvalue weighted by Crippen LogP contribution is 2.14. The number of hydrogen-bond donors (Lipinski definition) is 1. The largest absolute Gasteiger partial charge is 0.477 e. The molecule has 1 N–H and O–H groups in total. The van der Waals surface area contributed by atoms with Gasteiger partial charge in [0.05, 0.1) is 34.4 Å². The third kappa shape index (κ3) is 58.7. The minimum atomic E-state index is -1.53. The van der Waals surface area contributed by atoms with E-state index in [1.807, 2.05) is 21.1 Å². The van der Waals surface area contributed by atoms with Crippen molar-refractivity contribution >= 4 is 17.9 Å². The second-order valence-electron chi connectivity index (χ2n) is 20.5. The number of carbonyl (C=O) groups is 3. The van der Waals surface area contributed by atoms with Crippen molar-refractivity contribution in [1.29, 1.82) is 0 Å². The summed E-state index contributed by atoms with van der Waals surface area (Å²) >= 11 is 0. The zero-order valence-electron chi connectivity index (χ0n) is 49.3. The number of hydrogen-bond acceptors (Lipinski definition) is 7. The maximum absolute atomic E-state index is 12.9. The van der Waals surface area contributed by atoms with Crippen LogP contribution in [0.4, 0.5) is 0 Å². The standard InChI is InChI=1S/C68H109NO8/c1-6-8-10-12-14-16-18-20-22-24-26-28-30-31-32-33-34-35-37-39-41-43-45-47-49-51-53-55-57-59-66(71)77-64(63-76-68(67(72)73)74-61-60-69(3,4)5)62-75-65(70)58-56-54-52-50-48-46-44-42-40-38-36-29-27-25-23-21-19-17-15-13-11-9-7-2/h8-11,14-17,20-23,26-29,31-32,34-35,39,41,45,47,64,68H,6-7,12-13,18-19,24-25,30,33,36-38,40,42-44,46,48-63H2,1-5H3/p+1/b10-8-,11-9-,16-14-,17-15-,22-20-,23-21-,28-26-,29-27-,32-31-,35-34-,41-39-,47-45-. The number of quaternary nitrogens is 1. The van der Waals surface area contributed by atoms with Crippen LogP contribution in [-0.4, -0.2) is 87.4 Å². The van der Waals surface area contributed by atoms with Crippen LogP contribution in [0.2, 0.25) is 0 Å². The summed E-state index contributed by atoms with van der Waals surface area (Å²) in [6.07, 6.45) is 80.6. The highest BCUT2D eigenvalue weighted by Gasteiger charge is 2.25. The summed E-state index contributed by atoms with van der Waals surface area (Å²) in [7, 11) is 5.95. The summed E-state index contributed by atoms with van der Waals surface area (Å²) in [5.41, 5.74) is 0. The van der Waals surface area contributed by atoms with Crippen molar-refractivity contribution in [2.75, 3.05) is 47.5 Å². The van der Waals surface area contributed by atoms with Crippen molar-refractivity contribution in [2.45, 2.75) is 219 Å². The van der Waals surface area contributed by atoms with E-state index in [0.717, 1.165) is 135 Å². The number of carbonyl (C=O) groups excluding carboxylic acids is 2. The van der Waals surface area contributed by atoms with Gasteiger partial charge in [0.1, 0.15) is 13.2 Å². The predicted molar refractivity (Wildman–Crippen MR) is 327 cm³/mol. The molecule has 0 aliphatic carbocycles. The molecule has 0 aromatic rings. The van der Waals surface area contributed by atoms with Gasteiger partial charge < -0.3 is 28.5 Å². The van der Waals surface area contributed by atoms with Gasteiger partial charge in [-0.15, -0.1) is 0 Å². The molecule has 0 aromatic heterocycles. The van der Waals surface area contributed by atoms with Crippen LogP contribution in [0.15, 0.2) is 146 Å². The van der Waals surface area contributed by atoms with Gasteiger partial charge in [0.25, 0.3) is 6.29 Å². The van der Waals surface area contributed by atoms with Crippen molar-refractivity contribution in [2.24, 2.45) is 0 Å². The fraction of sp³-hybridized carbons (Fsp3) is 0.603. The normalized spacial score (nSPS) is 13.8. The number of carboxylic acids is 1. The Hall–Kier alpha value is -4.83. The Morgan fingerprint density at radius 3 is 1.04 bits per heavy atom. The molecule has 0 amide bonds. The molecular formula is C68H110NO8+. The summed E-state index contributed by atoms with van der Waals surface area (Å²) in [4.78, 5) is 37.5. The highest BCUT2D eigenvalue weighted by molar-refractivity contribution is 5.71. The molecule has 0 fully saturated rings. The Morgan fingerprint density at radius 2 is 0.701 bits per heavy atom. The molecule has 2 unspecified atom stereocenters. The quantitative estimate of drug-likeness (QED) is 0.0211. The Balaban J connectivity index is 4.35. The Labute approximate surface area is 471 Å². The number of ether oxygens (including phenoxy) is 4. The first-order valence-electron chi connectivity index (χ1n) is 30.0. The van der Waals surface area contributed by atoms with Crippen LogP contribution < -0.4 is 0 Å². The number of likely N-dealkylation sites (N-methyl/N-ethyl adjacent to an activating group) is 1. The second-order valence-corrected chi connectivity index (χ2v) is 20.5. The van der Waals surface area contributed by atoms with Gasteiger partial charge in [0, 0.05) is 12.8 Å². The monoisotopic (exact) mass is 1070 g/mol. The average molecular weight is 1070 g/mol. The Bertz CT molecular complexity index is 1770. The van der Waals surface area contributed by atoms with E-state index in [-0.39, 0.29) is 38.6 Å². The molecule has 2 atom stereocenters. The van der Waals surface area contributed by atoms with E-state index in [9.17, 15) is 19.5 Å². The lowest BCUT2D eigenvalue weighted by atomic mass is 10.1. The third-order valence-corrected chi connectivity index (χ3v) is 12.1. The molecule has 0 aliphatic heterocycles. The molecule has 0 spiro atoms. The summed E-state index contributed by atoms with van der Waals surface area (Å²) in [6.45, 7) is 4.59.